The number of carbonyl (C=O) groups is 2. The van der Waals surface area contributed by atoms with E-state index in [-0.39, 0.29) is 27.5 Å². The number of nitrogens with zero attached hydrogens (tertiary/aromatic N) is 1. The number of hydrogen-bond donors (Lipinski definition) is 2. The minimum atomic E-state index is -4.01. The number of amides is 1. The van der Waals surface area contributed by atoms with Gasteiger partial charge >= 0.3 is 5.97 Å². The Hall–Kier alpha value is -5.39. The summed E-state index contributed by atoms with van der Waals surface area (Å²) >= 11 is 5.88. The van der Waals surface area contributed by atoms with Gasteiger partial charge in [-0.15, -0.1) is 0 Å². The second kappa shape index (κ2) is 13.5. The fraction of sp³-hybridized carbons (Fsp3) is 0.0606. The van der Waals surface area contributed by atoms with Gasteiger partial charge < -0.3 is 14.2 Å². The fourth-order valence-electron chi connectivity index (χ4n) is 4.42. The van der Waals surface area contributed by atoms with E-state index in [1.165, 1.54) is 62.9 Å². The van der Waals surface area contributed by atoms with Gasteiger partial charge in [0.25, 0.3) is 15.9 Å². The van der Waals surface area contributed by atoms with Crippen LogP contribution in [0.3, 0.4) is 0 Å². The Morgan fingerprint density at radius 3 is 2.24 bits per heavy atom. The van der Waals surface area contributed by atoms with E-state index >= 15 is 0 Å². The lowest BCUT2D eigenvalue weighted by atomic mass is 10.0. The molecule has 0 aliphatic heterocycles. The Labute approximate surface area is 264 Å². The third-order valence-electron chi connectivity index (χ3n) is 6.65. The lowest BCUT2D eigenvalue weighted by Gasteiger charge is -2.13. The maximum absolute atomic E-state index is 13.2. The van der Waals surface area contributed by atoms with E-state index in [0.29, 0.717) is 27.5 Å². The number of anilines is 1. The van der Waals surface area contributed by atoms with Crippen LogP contribution in [0.2, 0.25) is 5.02 Å². The molecule has 0 aliphatic carbocycles. The molecule has 2 N–H and O–H groups in total. The molecular weight excluding hydrogens is 618 g/mol. The number of nitrogens with one attached hydrogen (secondary N) is 2. The molecule has 10 nitrogen and oxygen atoms in total. The molecule has 228 valence electrons. The van der Waals surface area contributed by atoms with E-state index in [2.05, 4.69) is 15.2 Å². The Morgan fingerprint density at radius 2 is 1.49 bits per heavy atom. The minimum absolute atomic E-state index is 0.0220. The highest BCUT2D eigenvalue weighted by Crippen LogP contribution is 2.30. The van der Waals surface area contributed by atoms with Crippen LogP contribution in [-0.2, 0) is 10.0 Å². The minimum Gasteiger partial charge on any atom is -0.493 e. The number of hydrazone groups is 1. The van der Waals surface area contributed by atoms with Gasteiger partial charge in [-0.1, -0.05) is 54.1 Å². The molecule has 1 amide bonds. The van der Waals surface area contributed by atoms with Crippen LogP contribution >= 0.6 is 11.6 Å². The van der Waals surface area contributed by atoms with Crippen molar-refractivity contribution in [3.05, 3.63) is 125 Å². The Kier molecular flexibility index (Phi) is 9.31. The van der Waals surface area contributed by atoms with Crippen molar-refractivity contribution in [1.82, 2.24) is 5.43 Å². The maximum Gasteiger partial charge on any atom is 0.343 e. The summed E-state index contributed by atoms with van der Waals surface area (Å²) in [5, 5.41) is 6.06. The summed E-state index contributed by atoms with van der Waals surface area (Å²) < 4.78 is 44.6. The van der Waals surface area contributed by atoms with E-state index in [9.17, 15) is 18.0 Å². The molecule has 0 heterocycles. The Balaban J connectivity index is 1.40. The predicted molar refractivity (Wildman–Crippen MR) is 172 cm³/mol. The van der Waals surface area contributed by atoms with E-state index < -0.39 is 21.9 Å². The molecule has 0 fully saturated rings. The number of methoxy groups -OCH3 is 2. The van der Waals surface area contributed by atoms with Crippen molar-refractivity contribution < 1.29 is 32.2 Å². The largest absolute Gasteiger partial charge is 0.493 e. The lowest BCUT2D eigenvalue weighted by Crippen LogP contribution is -2.21. The molecule has 5 aromatic carbocycles. The molecule has 0 saturated heterocycles. The molecule has 45 heavy (non-hydrogen) atoms. The molecule has 12 heteroatoms. The van der Waals surface area contributed by atoms with Gasteiger partial charge in [-0.25, -0.2) is 18.6 Å². The molecule has 0 bridgehead atoms. The van der Waals surface area contributed by atoms with Gasteiger partial charge in [0.2, 0.25) is 0 Å². The van der Waals surface area contributed by atoms with Crippen molar-refractivity contribution in [2.75, 3.05) is 18.9 Å². The summed E-state index contributed by atoms with van der Waals surface area (Å²) in [6, 6.07) is 27.2. The molecule has 0 radical (unpaired) electrons. The number of hydrogen-bond acceptors (Lipinski definition) is 8. The highest BCUT2D eigenvalue weighted by molar-refractivity contribution is 7.92. The van der Waals surface area contributed by atoms with Gasteiger partial charge in [-0.05, 0) is 71.4 Å². The standard InChI is InChI=1S/C33H26ClN3O7S/c1-42-30-18-12-22(19-31(30)43-2)33(39)44-29-17-11-21-7-3-4-8-25(21)27(29)20-35-36-32(38)26-9-5-6-10-28(26)37-45(40,41)24-15-13-23(34)14-16-24/h3-20,37H,1-2H3,(H,36,38)/b35-20-. The molecule has 5 rings (SSSR count). The summed E-state index contributed by atoms with van der Waals surface area (Å²) in [5.74, 6) is -0.299. The first kappa shape index (κ1) is 31.0. The first-order valence-corrected chi connectivity index (χ1v) is 15.2. The summed E-state index contributed by atoms with van der Waals surface area (Å²) in [6.45, 7) is 0. The maximum atomic E-state index is 13.2. The zero-order valence-electron chi connectivity index (χ0n) is 24.0. The van der Waals surface area contributed by atoms with Crippen LogP contribution in [0.4, 0.5) is 5.69 Å². The number of benzene rings is 5. The second-order valence-electron chi connectivity index (χ2n) is 9.46. The molecular formula is C33H26ClN3O7S. The van der Waals surface area contributed by atoms with Crippen LogP contribution in [0.5, 0.6) is 17.2 Å². The Bertz CT molecular complexity index is 2030. The van der Waals surface area contributed by atoms with Crippen LogP contribution in [0.1, 0.15) is 26.3 Å². The van der Waals surface area contributed by atoms with Gasteiger partial charge in [-0.3, -0.25) is 9.52 Å². The van der Waals surface area contributed by atoms with E-state index in [0.717, 1.165) is 5.39 Å². The summed E-state index contributed by atoms with van der Waals surface area (Å²) in [4.78, 5) is 26.3. The van der Waals surface area contributed by atoms with Crippen molar-refractivity contribution in [1.29, 1.82) is 0 Å². The van der Waals surface area contributed by atoms with Gasteiger partial charge in [-0.2, -0.15) is 5.10 Å². The van der Waals surface area contributed by atoms with Crippen molar-refractivity contribution >= 4 is 56.2 Å². The number of ether oxygens (including phenoxy) is 3. The molecule has 0 aromatic heterocycles. The quantitative estimate of drug-likeness (QED) is 0.0790. The molecule has 0 aliphatic rings. The monoisotopic (exact) mass is 643 g/mol. The first-order valence-electron chi connectivity index (χ1n) is 13.4. The number of halogens is 1. The topological polar surface area (TPSA) is 132 Å². The van der Waals surface area contributed by atoms with Crippen molar-refractivity contribution in [3.8, 4) is 17.2 Å². The summed E-state index contributed by atoms with van der Waals surface area (Å²) in [7, 11) is -1.05. The lowest BCUT2D eigenvalue weighted by molar-refractivity contribution is 0.0734. The normalized spacial score (nSPS) is 11.3. The predicted octanol–water partition coefficient (Wildman–Crippen LogP) is 6.29. The van der Waals surface area contributed by atoms with Crippen LogP contribution in [0.25, 0.3) is 10.8 Å². The van der Waals surface area contributed by atoms with Crippen LogP contribution < -0.4 is 24.4 Å². The van der Waals surface area contributed by atoms with Crippen LogP contribution in [0, 0.1) is 0 Å². The smallest absolute Gasteiger partial charge is 0.343 e. The highest BCUT2D eigenvalue weighted by atomic mass is 35.5. The average Bonchev–Trinajstić information content (AvgIpc) is 3.05. The average molecular weight is 644 g/mol. The number of carbonyl (C=O) groups excluding carboxylic acids is 2. The summed E-state index contributed by atoms with van der Waals surface area (Å²) in [5.41, 5.74) is 3.18. The fourth-order valence-corrected chi connectivity index (χ4v) is 5.63. The molecule has 5 aromatic rings. The van der Waals surface area contributed by atoms with Gasteiger partial charge in [0.05, 0.1) is 42.1 Å². The number of fused-ring (bicyclic) bond motifs is 1. The molecule has 0 spiro atoms. The van der Waals surface area contributed by atoms with Gasteiger partial charge in [0.1, 0.15) is 5.75 Å². The third-order valence-corrected chi connectivity index (χ3v) is 8.29. The van der Waals surface area contributed by atoms with Crippen molar-refractivity contribution in [2.45, 2.75) is 4.90 Å². The van der Waals surface area contributed by atoms with E-state index in [1.807, 2.05) is 24.3 Å². The molecule has 0 atom stereocenters. The third kappa shape index (κ3) is 7.06. The van der Waals surface area contributed by atoms with Crippen molar-refractivity contribution in [3.63, 3.8) is 0 Å². The number of para-hydroxylation sites is 1. The van der Waals surface area contributed by atoms with E-state index in [1.54, 1.807) is 36.4 Å². The van der Waals surface area contributed by atoms with Gasteiger partial charge in [0.15, 0.2) is 11.5 Å². The Morgan fingerprint density at radius 1 is 0.800 bits per heavy atom. The SMILES string of the molecule is COc1ccc(C(=O)Oc2ccc3ccccc3c2/C=N\NC(=O)c2ccccc2NS(=O)(=O)c2ccc(Cl)cc2)cc1OC. The van der Waals surface area contributed by atoms with Crippen LogP contribution in [-0.4, -0.2) is 40.7 Å². The molecule has 0 saturated carbocycles. The first-order chi connectivity index (χ1) is 21.7. The zero-order chi connectivity index (χ0) is 32.0. The number of rotatable bonds is 10. The van der Waals surface area contributed by atoms with Crippen molar-refractivity contribution in [2.24, 2.45) is 5.10 Å². The number of sulfonamides is 1. The number of esters is 1. The second-order valence-corrected chi connectivity index (χ2v) is 11.6. The summed E-state index contributed by atoms with van der Waals surface area (Å²) in [6.07, 6.45) is 1.36. The molecule has 0 unspecified atom stereocenters. The zero-order valence-corrected chi connectivity index (χ0v) is 25.6. The highest BCUT2D eigenvalue weighted by Gasteiger charge is 2.19. The van der Waals surface area contributed by atoms with E-state index in [4.69, 9.17) is 25.8 Å². The van der Waals surface area contributed by atoms with Gasteiger partial charge in [0, 0.05) is 10.6 Å². The van der Waals surface area contributed by atoms with Crippen LogP contribution in [0.15, 0.2) is 113 Å².